The molecule has 0 bridgehead atoms. The quantitative estimate of drug-likeness (QED) is 0.399. The lowest BCUT2D eigenvalue weighted by Gasteiger charge is -2.37. The van der Waals surface area contributed by atoms with Gasteiger partial charge < -0.3 is 19.5 Å². The second-order valence-corrected chi connectivity index (χ2v) is 7.18. The van der Waals surface area contributed by atoms with Crippen LogP contribution in [0.5, 0.6) is 0 Å². The van der Waals surface area contributed by atoms with Gasteiger partial charge in [-0.1, -0.05) is 30.3 Å². The van der Waals surface area contributed by atoms with Crippen molar-refractivity contribution < 1.29 is 23.8 Å². The van der Waals surface area contributed by atoms with Crippen molar-refractivity contribution in [1.29, 1.82) is 0 Å². The lowest BCUT2D eigenvalue weighted by atomic mass is 9.94. The molecule has 3 rings (SSSR count). The Bertz CT molecular complexity index is 989. The van der Waals surface area contributed by atoms with Crippen LogP contribution < -0.4 is 10.2 Å². The highest BCUT2D eigenvalue weighted by molar-refractivity contribution is 7.80. The monoisotopic (exact) mass is 440 g/mol. The maximum absolute atomic E-state index is 13.1. The smallest absolute Gasteiger partial charge is 0.338 e. The third-order valence-corrected chi connectivity index (χ3v) is 5.21. The first-order chi connectivity index (χ1) is 15.0. The van der Waals surface area contributed by atoms with Crippen LogP contribution in [0, 0.1) is 0 Å². The highest BCUT2D eigenvalue weighted by Crippen LogP contribution is 2.34. The number of carbonyl (C=O) groups excluding carboxylic acids is 2. The predicted molar refractivity (Wildman–Crippen MR) is 121 cm³/mol. The molecule has 7 nitrogen and oxygen atoms in total. The Balaban J connectivity index is 2.03. The van der Waals surface area contributed by atoms with Gasteiger partial charge in [-0.25, -0.2) is 9.59 Å². The van der Waals surface area contributed by atoms with Gasteiger partial charge in [0.05, 0.1) is 30.9 Å². The van der Waals surface area contributed by atoms with Crippen LogP contribution in [0.15, 0.2) is 65.9 Å². The lowest BCUT2D eigenvalue weighted by Crippen LogP contribution is -2.48. The number of rotatable bonds is 7. The molecule has 2 aromatic rings. The van der Waals surface area contributed by atoms with E-state index in [9.17, 15) is 9.59 Å². The molecule has 162 valence electrons. The number of ether oxygens (including phenoxy) is 3. The Morgan fingerprint density at radius 2 is 1.68 bits per heavy atom. The van der Waals surface area contributed by atoms with Crippen LogP contribution in [0.1, 0.15) is 28.9 Å². The Morgan fingerprint density at radius 1 is 1.00 bits per heavy atom. The Morgan fingerprint density at radius 3 is 2.29 bits per heavy atom. The third kappa shape index (κ3) is 4.92. The molecule has 0 aromatic heterocycles. The summed E-state index contributed by atoms with van der Waals surface area (Å²) in [7, 11) is 2.87. The van der Waals surface area contributed by atoms with E-state index < -0.39 is 18.0 Å². The molecule has 0 spiro atoms. The molecule has 0 unspecified atom stereocenters. The lowest BCUT2D eigenvalue weighted by molar-refractivity contribution is -0.140. The Labute approximate surface area is 186 Å². The molecule has 0 fully saturated rings. The Hall–Kier alpha value is -3.23. The zero-order valence-corrected chi connectivity index (χ0v) is 18.4. The van der Waals surface area contributed by atoms with Crippen LogP contribution in [0.3, 0.4) is 0 Å². The zero-order valence-electron chi connectivity index (χ0n) is 17.6. The number of hydrogen-bond acceptors (Lipinski definition) is 6. The number of allylic oxidation sites excluding steroid dienone is 1. The first kappa shape index (κ1) is 22.5. The van der Waals surface area contributed by atoms with E-state index in [2.05, 4.69) is 5.32 Å². The summed E-state index contributed by atoms with van der Waals surface area (Å²) in [4.78, 5) is 26.6. The van der Waals surface area contributed by atoms with Gasteiger partial charge in [0.15, 0.2) is 5.11 Å². The average molecular weight is 441 g/mol. The SMILES string of the molecule is COCCOC(=O)C1=C(C)N(c2ccccc2)C(=S)N[C@@H]1c1ccc(C(=O)OC)cc1. The van der Waals surface area contributed by atoms with E-state index in [0.29, 0.717) is 28.6 Å². The highest BCUT2D eigenvalue weighted by Gasteiger charge is 2.35. The summed E-state index contributed by atoms with van der Waals surface area (Å²) in [5, 5.41) is 3.70. The van der Waals surface area contributed by atoms with E-state index >= 15 is 0 Å². The molecule has 0 amide bonds. The van der Waals surface area contributed by atoms with Gasteiger partial charge in [0.2, 0.25) is 0 Å². The van der Waals surface area contributed by atoms with Crippen molar-refractivity contribution in [3.8, 4) is 0 Å². The first-order valence-electron chi connectivity index (χ1n) is 9.68. The van der Waals surface area contributed by atoms with Gasteiger partial charge in [0, 0.05) is 18.5 Å². The fraction of sp³-hybridized carbons (Fsp3) is 0.261. The molecule has 1 atom stereocenters. The van der Waals surface area contributed by atoms with Gasteiger partial charge in [0.1, 0.15) is 6.61 Å². The number of esters is 2. The molecule has 8 heteroatoms. The van der Waals surface area contributed by atoms with Crippen LogP contribution in [-0.2, 0) is 19.0 Å². The number of benzene rings is 2. The molecule has 31 heavy (non-hydrogen) atoms. The zero-order chi connectivity index (χ0) is 22.4. The van der Waals surface area contributed by atoms with Crippen molar-refractivity contribution in [2.45, 2.75) is 13.0 Å². The van der Waals surface area contributed by atoms with E-state index in [-0.39, 0.29) is 6.61 Å². The van der Waals surface area contributed by atoms with Crippen LogP contribution in [-0.4, -0.2) is 44.5 Å². The summed E-state index contributed by atoms with van der Waals surface area (Å²) >= 11 is 5.63. The fourth-order valence-corrected chi connectivity index (χ4v) is 3.73. The van der Waals surface area contributed by atoms with Crippen LogP contribution in [0.4, 0.5) is 5.69 Å². The fourth-order valence-electron chi connectivity index (χ4n) is 3.37. The molecule has 1 aliphatic heterocycles. The normalized spacial score (nSPS) is 16.0. The minimum Gasteiger partial charge on any atom is -0.465 e. The van der Waals surface area contributed by atoms with Gasteiger partial charge in [-0.3, -0.25) is 4.90 Å². The number of para-hydroxylation sites is 1. The predicted octanol–water partition coefficient (Wildman–Crippen LogP) is 3.37. The van der Waals surface area contributed by atoms with E-state index in [1.54, 1.807) is 31.4 Å². The number of carbonyl (C=O) groups is 2. The number of methoxy groups -OCH3 is 2. The molecule has 1 heterocycles. The number of anilines is 1. The third-order valence-electron chi connectivity index (χ3n) is 4.90. The molecule has 0 radical (unpaired) electrons. The molecule has 0 saturated carbocycles. The summed E-state index contributed by atoms with van der Waals surface area (Å²) in [6.07, 6.45) is 0. The summed E-state index contributed by atoms with van der Waals surface area (Å²) < 4.78 is 15.2. The van der Waals surface area contributed by atoms with Crippen LogP contribution in [0.25, 0.3) is 0 Å². The molecular weight excluding hydrogens is 416 g/mol. The van der Waals surface area contributed by atoms with Crippen LogP contribution in [0.2, 0.25) is 0 Å². The van der Waals surface area contributed by atoms with Crippen LogP contribution >= 0.6 is 12.2 Å². The Kier molecular flexibility index (Phi) is 7.38. The van der Waals surface area contributed by atoms with E-state index in [4.69, 9.17) is 26.4 Å². The van der Waals surface area contributed by atoms with Crippen molar-refractivity contribution in [2.75, 3.05) is 32.3 Å². The number of nitrogens with zero attached hydrogens (tertiary/aromatic N) is 1. The van der Waals surface area contributed by atoms with Crippen molar-refractivity contribution in [1.82, 2.24) is 5.32 Å². The average Bonchev–Trinajstić information content (AvgIpc) is 2.79. The molecule has 0 saturated heterocycles. The van der Waals surface area contributed by atoms with Gasteiger partial charge in [-0.05, 0) is 49.0 Å². The maximum atomic E-state index is 13.1. The highest BCUT2D eigenvalue weighted by atomic mass is 32.1. The van der Waals surface area contributed by atoms with E-state index in [1.165, 1.54) is 7.11 Å². The van der Waals surface area contributed by atoms with Crippen molar-refractivity contribution in [3.05, 3.63) is 77.0 Å². The summed E-state index contributed by atoms with van der Waals surface area (Å²) in [6.45, 7) is 2.27. The van der Waals surface area contributed by atoms with Gasteiger partial charge >= 0.3 is 11.9 Å². The second-order valence-electron chi connectivity index (χ2n) is 6.79. The molecule has 1 aliphatic rings. The number of nitrogens with one attached hydrogen (secondary N) is 1. The van der Waals surface area contributed by atoms with Crippen molar-refractivity contribution in [3.63, 3.8) is 0 Å². The summed E-state index contributed by atoms with van der Waals surface area (Å²) in [5.74, 6) is -0.896. The summed E-state index contributed by atoms with van der Waals surface area (Å²) in [6, 6.07) is 15.8. The topological polar surface area (TPSA) is 77.1 Å². The first-order valence-corrected chi connectivity index (χ1v) is 10.1. The van der Waals surface area contributed by atoms with Crippen molar-refractivity contribution in [2.24, 2.45) is 0 Å². The maximum Gasteiger partial charge on any atom is 0.338 e. The number of thiocarbonyl (C=S) groups is 1. The van der Waals surface area contributed by atoms with Gasteiger partial charge in [0.25, 0.3) is 0 Å². The number of hydrogen-bond donors (Lipinski definition) is 1. The molecular formula is C23H24N2O5S. The van der Waals surface area contributed by atoms with E-state index in [1.807, 2.05) is 42.2 Å². The standard InChI is InChI=1S/C23H24N2O5S/c1-15-19(22(27)30-14-13-28-2)20(16-9-11-17(12-10-16)21(26)29-3)24-23(31)25(15)18-7-5-4-6-8-18/h4-12,20H,13-14H2,1-3H3,(H,24,31)/t20-/m1/s1. The summed E-state index contributed by atoms with van der Waals surface area (Å²) in [5.41, 5.74) is 3.11. The minimum absolute atomic E-state index is 0.135. The van der Waals surface area contributed by atoms with Crippen molar-refractivity contribution >= 4 is 35.0 Å². The largest absolute Gasteiger partial charge is 0.465 e. The van der Waals surface area contributed by atoms with Gasteiger partial charge in [-0.15, -0.1) is 0 Å². The molecule has 0 aliphatic carbocycles. The molecule has 1 N–H and O–H groups in total. The second kappa shape index (κ2) is 10.2. The van der Waals surface area contributed by atoms with Gasteiger partial charge in [-0.2, -0.15) is 0 Å². The van der Waals surface area contributed by atoms with E-state index in [0.717, 1.165) is 11.3 Å². The minimum atomic E-state index is -0.533. The molecule has 2 aromatic carbocycles.